The Morgan fingerprint density at radius 1 is 1.00 bits per heavy atom. The Morgan fingerprint density at radius 2 is 1.74 bits per heavy atom. The second kappa shape index (κ2) is 9.26. The number of aliphatic hydroxyl groups excluding tert-OH is 1. The highest BCUT2D eigenvalue weighted by Gasteiger charge is 2.17. The number of rotatable bonds is 8. The van der Waals surface area contributed by atoms with Crippen LogP contribution in [-0.2, 0) is 13.0 Å². The summed E-state index contributed by atoms with van der Waals surface area (Å²) in [7, 11) is 0. The van der Waals surface area contributed by atoms with Gasteiger partial charge in [-0.05, 0) is 35.7 Å². The van der Waals surface area contributed by atoms with Gasteiger partial charge >= 0.3 is 0 Å². The first-order valence-electron chi connectivity index (χ1n) is 8.93. The SMILES string of the molecule is N[C@@H](Cc1ccccc1)[C@@H](O)CN(N)Cc1ccc(-c2ccc#cn2)cc1. The van der Waals surface area contributed by atoms with Crippen molar-refractivity contribution in [2.45, 2.75) is 25.1 Å². The van der Waals surface area contributed by atoms with Crippen molar-refractivity contribution in [1.29, 1.82) is 0 Å². The first-order valence-corrected chi connectivity index (χ1v) is 8.93. The number of hydrogen-bond acceptors (Lipinski definition) is 5. The van der Waals surface area contributed by atoms with Crippen LogP contribution in [0.2, 0.25) is 0 Å². The fourth-order valence-corrected chi connectivity index (χ4v) is 2.93. The van der Waals surface area contributed by atoms with Gasteiger partial charge in [-0.2, -0.15) is 4.98 Å². The van der Waals surface area contributed by atoms with Gasteiger partial charge in [-0.3, -0.25) is 5.84 Å². The minimum Gasteiger partial charge on any atom is -0.390 e. The van der Waals surface area contributed by atoms with Crippen molar-refractivity contribution in [2.24, 2.45) is 11.6 Å². The lowest BCUT2D eigenvalue weighted by atomic mass is 10.0. The van der Waals surface area contributed by atoms with Crippen LogP contribution < -0.4 is 11.6 Å². The number of hydrazine groups is 1. The number of nitrogens with two attached hydrogens (primary N) is 2. The van der Waals surface area contributed by atoms with Crippen molar-refractivity contribution in [3.8, 4) is 11.3 Å². The molecule has 0 aliphatic carbocycles. The highest BCUT2D eigenvalue weighted by molar-refractivity contribution is 5.58. The third-order valence-electron chi connectivity index (χ3n) is 4.43. The zero-order valence-corrected chi connectivity index (χ0v) is 15.1. The van der Waals surface area contributed by atoms with Crippen LogP contribution in [0.25, 0.3) is 11.3 Å². The van der Waals surface area contributed by atoms with Crippen molar-refractivity contribution in [3.63, 3.8) is 0 Å². The third kappa shape index (κ3) is 5.61. The molecule has 0 aliphatic heterocycles. The van der Waals surface area contributed by atoms with Gasteiger partial charge in [0.2, 0.25) is 0 Å². The molecule has 0 saturated carbocycles. The summed E-state index contributed by atoms with van der Waals surface area (Å²) < 4.78 is 0. The first kappa shape index (κ1) is 19.0. The summed E-state index contributed by atoms with van der Waals surface area (Å²) in [5.74, 6) is 6.08. The standard InChI is InChI=1S/C22H24N4O/c23-20(14-17-6-2-1-3-7-17)22(27)16-26(24)15-18-9-11-19(12-10-18)21-8-4-5-13-25-21/h1-4,6-12,20,22,27H,14-16,23-24H2/t20-,22-/m0/s1. The van der Waals surface area contributed by atoms with Gasteiger partial charge in [0.05, 0.1) is 11.8 Å². The summed E-state index contributed by atoms with van der Waals surface area (Å²) in [5.41, 5.74) is 10.2. The number of benzene rings is 2. The van der Waals surface area contributed by atoms with E-state index in [0.29, 0.717) is 19.5 Å². The van der Waals surface area contributed by atoms with Gasteiger partial charge in [0.1, 0.15) is 0 Å². The molecule has 1 aromatic heterocycles. The van der Waals surface area contributed by atoms with Gasteiger partial charge in [-0.15, -0.1) is 0 Å². The van der Waals surface area contributed by atoms with Crippen LogP contribution in [0.4, 0.5) is 0 Å². The number of aromatic nitrogens is 1. The number of aliphatic hydroxyl groups is 1. The first-order chi connectivity index (χ1) is 13.1. The summed E-state index contributed by atoms with van der Waals surface area (Å²) in [6.45, 7) is 0.832. The zero-order valence-electron chi connectivity index (χ0n) is 15.1. The zero-order chi connectivity index (χ0) is 19.1. The molecule has 3 rings (SSSR count). The highest BCUT2D eigenvalue weighted by Crippen LogP contribution is 2.16. The molecular formula is C22H24N4O. The van der Waals surface area contributed by atoms with Gasteiger partial charge in [0.15, 0.2) is 0 Å². The average Bonchev–Trinajstić information content (AvgIpc) is 2.70. The van der Waals surface area contributed by atoms with Crippen LogP contribution >= 0.6 is 0 Å². The maximum atomic E-state index is 10.4. The van der Waals surface area contributed by atoms with Gasteiger partial charge in [-0.25, -0.2) is 5.01 Å². The highest BCUT2D eigenvalue weighted by atomic mass is 16.3. The quantitative estimate of drug-likeness (QED) is 0.422. The van der Waals surface area contributed by atoms with E-state index in [1.165, 1.54) is 0 Å². The topological polar surface area (TPSA) is 88.4 Å². The Morgan fingerprint density at radius 3 is 2.41 bits per heavy atom. The van der Waals surface area contributed by atoms with Crippen LogP contribution in [0.15, 0.2) is 66.7 Å². The van der Waals surface area contributed by atoms with Crippen LogP contribution in [0.3, 0.4) is 0 Å². The lowest BCUT2D eigenvalue weighted by Gasteiger charge is -2.24. The summed E-state index contributed by atoms with van der Waals surface area (Å²) in [4.78, 5) is 4.17. The molecule has 3 aromatic rings. The Balaban J connectivity index is 1.51. The van der Waals surface area contributed by atoms with Gasteiger partial charge in [0.25, 0.3) is 0 Å². The minimum absolute atomic E-state index is 0.306. The third-order valence-corrected chi connectivity index (χ3v) is 4.43. The molecule has 0 radical (unpaired) electrons. The molecule has 0 fully saturated rings. The molecule has 0 spiro atoms. The molecule has 138 valence electrons. The van der Waals surface area contributed by atoms with Gasteiger partial charge in [-0.1, -0.05) is 54.6 Å². The molecular weight excluding hydrogens is 336 g/mol. The second-order valence-electron chi connectivity index (χ2n) is 6.63. The van der Waals surface area contributed by atoms with Gasteiger partial charge < -0.3 is 10.8 Å². The van der Waals surface area contributed by atoms with E-state index in [1.54, 1.807) is 11.1 Å². The number of hydrogen-bond donors (Lipinski definition) is 3. The van der Waals surface area contributed by atoms with Crippen molar-refractivity contribution < 1.29 is 5.11 Å². The van der Waals surface area contributed by atoms with E-state index in [-0.39, 0.29) is 6.04 Å². The van der Waals surface area contributed by atoms with E-state index in [4.69, 9.17) is 11.6 Å². The van der Waals surface area contributed by atoms with Crippen molar-refractivity contribution in [3.05, 3.63) is 90.1 Å². The predicted molar refractivity (Wildman–Crippen MR) is 106 cm³/mol. The van der Waals surface area contributed by atoms with Crippen molar-refractivity contribution >= 4 is 0 Å². The lowest BCUT2D eigenvalue weighted by Crippen LogP contribution is -2.46. The fraction of sp³-hybridized carbons (Fsp3) is 0.227. The molecule has 0 bridgehead atoms. The van der Waals surface area contributed by atoms with E-state index in [0.717, 1.165) is 22.4 Å². The van der Waals surface area contributed by atoms with Crippen molar-refractivity contribution in [2.75, 3.05) is 6.54 Å². The fourth-order valence-electron chi connectivity index (χ4n) is 2.93. The largest absolute Gasteiger partial charge is 0.390 e. The minimum atomic E-state index is -0.699. The van der Waals surface area contributed by atoms with Crippen LogP contribution in [0.1, 0.15) is 11.1 Å². The van der Waals surface area contributed by atoms with Crippen LogP contribution in [-0.4, -0.2) is 33.8 Å². The Labute approximate surface area is 160 Å². The monoisotopic (exact) mass is 360 g/mol. The average molecular weight is 360 g/mol. The molecule has 2 atom stereocenters. The number of nitrogens with zero attached hydrogens (tertiary/aromatic N) is 2. The van der Waals surface area contributed by atoms with E-state index in [2.05, 4.69) is 17.2 Å². The molecule has 27 heavy (non-hydrogen) atoms. The molecule has 0 saturated heterocycles. The summed E-state index contributed by atoms with van der Waals surface area (Å²) in [6, 6.07) is 24.0. The maximum absolute atomic E-state index is 10.4. The van der Waals surface area contributed by atoms with Crippen molar-refractivity contribution in [1.82, 2.24) is 9.99 Å². The Hall–Kier alpha value is -2.75. The maximum Gasteiger partial charge on any atom is 0.0835 e. The molecule has 0 unspecified atom stereocenters. The van der Waals surface area contributed by atoms with Gasteiger partial charge in [0, 0.05) is 30.9 Å². The molecule has 5 N–H and O–H groups in total. The molecule has 2 aromatic carbocycles. The van der Waals surface area contributed by atoms with E-state index in [1.807, 2.05) is 60.7 Å². The molecule has 1 heterocycles. The van der Waals surface area contributed by atoms with E-state index in [9.17, 15) is 5.11 Å². The summed E-state index contributed by atoms with van der Waals surface area (Å²) in [5, 5.41) is 12.0. The second-order valence-corrected chi connectivity index (χ2v) is 6.63. The predicted octanol–water partition coefficient (Wildman–Crippen LogP) is 1.96. The van der Waals surface area contributed by atoms with Crippen LogP contribution in [0, 0.1) is 12.3 Å². The summed E-state index contributed by atoms with van der Waals surface area (Å²) in [6.07, 6.45) is 2.63. The van der Waals surface area contributed by atoms with E-state index >= 15 is 0 Å². The lowest BCUT2D eigenvalue weighted by molar-refractivity contribution is 0.0877. The molecule has 0 amide bonds. The summed E-state index contributed by atoms with van der Waals surface area (Å²) >= 11 is 0. The normalized spacial score (nSPS) is 13.2. The Bertz CT molecular complexity index is 809. The Kier molecular flexibility index (Phi) is 6.53. The van der Waals surface area contributed by atoms with E-state index < -0.39 is 6.10 Å². The smallest absolute Gasteiger partial charge is 0.0835 e. The molecule has 5 nitrogen and oxygen atoms in total. The molecule has 0 aliphatic rings. The van der Waals surface area contributed by atoms with Crippen LogP contribution in [0.5, 0.6) is 0 Å². The molecule has 5 heteroatoms.